The van der Waals surface area contributed by atoms with Crippen molar-refractivity contribution in [2.75, 3.05) is 11.9 Å². The van der Waals surface area contributed by atoms with Crippen molar-refractivity contribution in [3.05, 3.63) is 48.7 Å². The molecular formula is C18H20N2O3. The van der Waals surface area contributed by atoms with Crippen molar-refractivity contribution < 1.29 is 14.3 Å². The molecule has 1 aliphatic rings. The molecule has 1 N–H and O–H groups in total. The number of anilines is 1. The summed E-state index contributed by atoms with van der Waals surface area (Å²) in [7, 11) is 0. The second kappa shape index (κ2) is 7.74. The minimum atomic E-state index is -0.00418. The smallest absolute Gasteiger partial charge is 0.224 e. The minimum Gasteiger partial charge on any atom is -0.439 e. The second-order valence-electron chi connectivity index (χ2n) is 5.52. The fraction of sp³-hybridized carbons (Fsp3) is 0.333. The van der Waals surface area contributed by atoms with Crippen LogP contribution < -0.4 is 10.1 Å². The third kappa shape index (κ3) is 4.79. The Morgan fingerprint density at radius 3 is 3.04 bits per heavy atom. The average molecular weight is 312 g/mol. The number of carbonyl (C=O) groups excluding carboxylic acids is 1. The van der Waals surface area contributed by atoms with Gasteiger partial charge in [0, 0.05) is 37.0 Å². The molecule has 0 bridgehead atoms. The van der Waals surface area contributed by atoms with Crippen LogP contribution in [-0.4, -0.2) is 23.6 Å². The third-order valence-corrected chi connectivity index (χ3v) is 3.70. The van der Waals surface area contributed by atoms with E-state index in [1.807, 2.05) is 30.3 Å². The molecule has 0 radical (unpaired) electrons. The molecule has 1 saturated heterocycles. The topological polar surface area (TPSA) is 60.5 Å². The van der Waals surface area contributed by atoms with E-state index in [0.717, 1.165) is 31.6 Å². The summed E-state index contributed by atoms with van der Waals surface area (Å²) in [6.07, 6.45) is 5.30. The first kappa shape index (κ1) is 15.5. The molecule has 1 amide bonds. The lowest BCUT2D eigenvalue weighted by Crippen LogP contribution is -2.15. The van der Waals surface area contributed by atoms with Crippen LogP contribution in [0.5, 0.6) is 11.6 Å². The fourth-order valence-electron chi connectivity index (χ4n) is 2.55. The van der Waals surface area contributed by atoms with Crippen LogP contribution in [0.4, 0.5) is 5.69 Å². The van der Waals surface area contributed by atoms with E-state index in [1.54, 1.807) is 18.3 Å². The number of ether oxygens (including phenoxy) is 2. The number of hydrogen-bond acceptors (Lipinski definition) is 4. The number of carbonyl (C=O) groups is 1. The van der Waals surface area contributed by atoms with Crippen molar-refractivity contribution in [3.63, 3.8) is 0 Å². The Balaban J connectivity index is 1.53. The third-order valence-electron chi connectivity index (χ3n) is 3.70. The predicted octanol–water partition coefficient (Wildman–Crippen LogP) is 3.77. The highest BCUT2D eigenvalue weighted by Gasteiger charge is 2.16. The molecule has 1 aromatic carbocycles. The molecule has 1 fully saturated rings. The Morgan fingerprint density at radius 1 is 1.30 bits per heavy atom. The van der Waals surface area contributed by atoms with E-state index in [-0.39, 0.29) is 12.0 Å². The molecule has 23 heavy (non-hydrogen) atoms. The van der Waals surface area contributed by atoms with E-state index >= 15 is 0 Å². The number of pyridine rings is 1. The van der Waals surface area contributed by atoms with Crippen LogP contribution in [0, 0.1) is 0 Å². The minimum absolute atomic E-state index is 0.00418. The number of nitrogens with zero attached hydrogens (tertiary/aromatic N) is 1. The van der Waals surface area contributed by atoms with Gasteiger partial charge in [-0.1, -0.05) is 12.1 Å². The summed E-state index contributed by atoms with van der Waals surface area (Å²) in [6, 6.07) is 12.8. The summed E-state index contributed by atoms with van der Waals surface area (Å²) < 4.78 is 11.2. The highest BCUT2D eigenvalue weighted by atomic mass is 16.5. The second-order valence-corrected chi connectivity index (χ2v) is 5.52. The van der Waals surface area contributed by atoms with Crippen LogP contribution in [0.25, 0.3) is 0 Å². The van der Waals surface area contributed by atoms with E-state index in [9.17, 15) is 4.79 Å². The Bertz CT molecular complexity index is 640. The number of rotatable bonds is 6. The van der Waals surface area contributed by atoms with E-state index in [1.165, 1.54) is 0 Å². The first-order valence-electron chi connectivity index (χ1n) is 7.90. The zero-order chi connectivity index (χ0) is 15.9. The van der Waals surface area contributed by atoms with Gasteiger partial charge < -0.3 is 14.8 Å². The molecule has 0 spiro atoms. The molecule has 3 rings (SSSR count). The molecular weight excluding hydrogens is 292 g/mol. The van der Waals surface area contributed by atoms with Gasteiger partial charge >= 0.3 is 0 Å². The van der Waals surface area contributed by atoms with Gasteiger partial charge in [0.15, 0.2) is 0 Å². The number of hydrogen-bond donors (Lipinski definition) is 1. The van der Waals surface area contributed by atoms with Crippen molar-refractivity contribution in [2.45, 2.75) is 31.8 Å². The van der Waals surface area contributed by atoms with E-state index in [2.05, 4.69) is 10.3 Å². The number of amides is 1. The quantitative estimate of drug-likeness (QED) is 0.882. The van der Waals surface area contributed by atoms with Crippen molar-refractivity contribution in [1.29, 1.82) is 0 Å². The summed E-state index contributed by atoms with van der Waals surface area (Å²) in [4.78, 5) is 16.1. The zero-order valence-electron chi connectivity index (χ0n) is 12.9. The summed E-state index contributed by atoms with van der Waals surface area (Å²) in [5.41, 5.74) is 0.718. The molecule has 1 aromatic heterocycles. The van der Waals surface area contributed by atoms with Gasteiger partial charge in [0.2, 0.25) is 11.8 Å². The van der Waals surface area contributed by atoms with Crippen molar-refractivity contribution in [2.24, 2.45) is 0 Å². The van der Waals surface area contributed by atoms with E-state index < -0.39 is 0 Å². The molecule has 0 aliphatic carbocycles. The predicted molar refractivity (Wildman–Crippen MR) is 87.6 cm³/mol. The van der Waals surface area contributed by atoms with Crippen LogP contribution >= 0.6 is 0 Å². The molecule has 120 valence electrons. The van der Waals surface area contributed by atoms with E-state index in [4.69, 9.17) is 9.47 Å². The summed E-state index contributed by atoms with van der Waals surface area (Å²) in [5.74, 6) is 1.16. The monoisotopic (exact) mass is 312 g/mol. The van der Waals surface area contributed by atoms with Gasteiger partial charge in [-0.05, 0) is 37.5 Å². The van der Waals surface area contributed by atoms with Crippen molar-refractivity contribution in [3.8, 4) is 11.6 Å². The lowest BCUT2D eigenvalue weighted by molar-refractivity contribution is -0.116. The average Bonchev–Trinajstić information content (AvgIpc) is 3.08. The maximum Gasteiger partial charge on any atom is 0.224 e. The van der Waals surface area contributed by atoms with Crippen molar-refractivity contribution in [1.82, 2.24) is 4.98 Å². The summed E-state index contributed by atoms with van der Waals surface area (Å²) in [5, 5.41) is 2.90. The normalized spacial score (nSPS) is 17.0. The Hall–Kier alpha value is -2.40. The SMILES string of the molecule is O=C(CC[C@@H]1CCCO1)Nc1cccc(Oc2ccccn2)c1. The molecule has 0 saturated carbocycles. The van der Waals surface area contributed by atoms with Crippen LogP contribution in [0.2, 0.25) is 0 Å². The van der Waals surface area contributed by atoms with Gasteiger partial charge in [-0.25, -0.2) is 4.98 Å². The molecule has 5 nitrogen and oxygen atoms in total. The highest BCUT2D eigenvalue weighted by molar-refractivity contribution is 5.90. The molecule has 5 heteroatoms. The van der Waals surface area contributed by atoms with Crippen LogP contribution in [0.1, 0.15) is 25.7 Å². The van der Waals surface area contributed by atoms with Gasteiger partial charge in [-0.2, -0.15) is 0 Å². The summed E-state index contributed by atoms with van der Waals surface area (Å²) in [6.45, 7) is 0.819. The maximum absolute atomic E-state index is 12.0. The fourth-order valence-corrected chi connectivity index (χ4v) is 2.55. The number of benzene rings is 1. The first-order chi connectivity index (χ1) is 11.3. The van der Waals surface area contributed by atoms with Crippen molar-refractivity contribution >= 4 is 11.6 Å². The molecule has 2 heterocycles. The number of aromatic nitrogens is 1. The van der Waals surface area contributed by atoms with Gasteiger partial charge in [0.05, 0.1) is 6.10 Å². The Morgan fingerprint density at radius 2 is 2.26 bits per heavy atom. The first-order valence-corrected chi connectivity index (χ1v) is 7.90. The van der Waals surface area contributed by atoms with Crippen LogP contribution in [0.15, 0.2) is 48.7 Å². The van der Waals surface area contributed by atoms with E-state index in [0.29, 0.717) is 18.1 Å². The molecule has 2 aromatic rings. The number of nitrogens with one attached hydrogen (secondary N) is 1. The lowest BCUT2D eigenvalue weighted by atomic mass is 10.1. The standard InChI is InChI=1S/C18H20N2O3/c21-17(10-9-15-7-4-12-22-15)20-14-5-3-6-16(13-14)23-18-8-1-2-11-19-18/h1-3,5-6,8,11,13,15H,4,7,9-10,12H2,(H,20,21)/t15-/m0/s1. The largest absolute Gasteiger partial charge is 0.439 e. The molecule has 1 atom stereocenters. The maximum atomic E-state index is 12.0. The highest BCUT2D eigenvalue weighted by Crippen LogP contribution is 2.23. The van der Waals surface area contributed by atoms with Crippen LogP contribution in [0.3, 0.4) is 0 Å². The van der Waals surface area contributed by atoms with Gasteiger partial charge in [-0.3, -0.25) is 4.79 Å². The van der Waals surface area contributed by atoms with Gasteiger partial charge in [0.25, 0.3) is 0 Å². The Kier molecular flexibility index (Phi) is 5.21. The zero-order valence-corrected chi connectivity index (χ0v) is 12.9. The summed E-state index contributed by atoms with van der Waals surface area (Å²) >= 11 is 0. The molecule has 0 unspecified atom stereocenters. The molecule has 1 aliphatic heterocycles. The lowest BCUT2D eigenvalue weighted by Gasteiger charge is -2.10. The van der Waals surface area contributed by atoms with Gasteiger partial charge in [-0.15, -0.1) is 0 Å². The van der Waals surface area contributed by atoms with Crippen LogP contribution in [-0.2, 0) is 9.53 Å². The Labute approximate surface area is 135 Å². The van der Waals surface area contributed by atoms with Gasteiger partial charge in [0.1, 0.15) is 5.75 Å².